The van der Waals surface area contributed by atoms with Crippen molar-refractivity contribution in [1.29, 1.82) is 0 Å². The molecule has 3 atom stereocenters. The Bertz CT molecular complexity index is 893. The summed E-state index contributed by atoms with van der Waals surface area (Å²) in [7, 11) is -3.86. The van der Waals surface area contributed by atoms with Crippen LogP contribution in [0, 0.1) is 6.92 Å². The molecule has 126 valence electrons. The summed E-state index contributed by atoms with van der Waals surface area (Å²) in [6.07, 6.45) is 0. The summed E-state index contributed by atoms with van der Waals surface area (Å²) in [4.78, 5) is 11.8. The van der Waals surface area contributed by atoms with Crippen molar-refractivity contribution < 1.29 is 18.3 Å². The van der Waals surface area contributed by atoms with Crippen LogP contribution in [0.4, 0.5) is 0 Å². The second-order valence-corrected chi connectivity index (χ2v) is 9.03. The lowest BCUT2D eigenvalue weighted by molar-refractivity contribution is -0.139. The molecule has 0 radical (unpaired) electrons. The van der Waals surface area contributed by atoms with Gasteiger partial charge in [0.1, 0.15) is 10.8 Å². The normalized spacial score (nSPS) is 26.1. The fourth-order valence-electron chi connectivity index (χ4n) is 3.06. The molecule has 3 rings (SSSR count). The van der Waals surface area contributed by atoms with Crippen molar-refractivity contribution in [2.45, 2.75) is 28.5 Å². The standard InChI is InChI=1S/C17H16BrNO4S/c1-10-2-8-13(9-3-10)24(22,23)15-14(17(15,19)16(20)21)11-4-6-12(18)7-5-11/h2-9,14-15H,19H2,1H3,(H,20,21)/t14-,15+,17-/m0/s1. The molecule has 7 heteroatoms. The average Bonchev–Trinajstić information content (AvgIpc) is 3.17. The molecular weight excluding hydrogens is 394 g/mol. The molecule has 1 fully saturated rings. The molecule has 3 N–H and O–H groups in total. The van der Waals surface area contributed by atoms with E-state index in [-0.39, 0.29) is 4.90 Å². The van der Waals surface area contributed by atoms with Gasteiger partial charge in [0.25, 0.3) is 0 Å². The van der Waals surface area contributed by atoms with Gasteiger partial charge in [-0.05, 0) is 36.8 Å². The second kappa shape index (κ2) is 5.68. The summed E-state index contributed by atoms with van der Waals surface area (Å²) < 4.78 is 26.7. The Balaban J connectivity index is 2.06. The Morgan fingerprint density at radius 1 is 1.12 bits per heavy atom. The molecule has 0 amide bonds. The molecule has 1 saturated carbocycles. The van der Waals surface area contributed by atoms with Crippen LogP contribution in [0.25, 0.3) is 0 Å². The van der Waals surface area contributed by atoms with Gasteiger partial charge in [-0.1, -0.05) is 45.8 Å². The number of sulfone groups is 1. The number of aryl methyl sites for hydroxylation is 1. The van der Waals surface area contributed by atoms with Gasteiger partial charge in [0.05, 0.1) is 4.90 Å². The van der Waals surface area contributed by atoms with Crippen LogP contribution in [0.3, 0.4) is 0 Å². The molecule has 0 bridgehead atoms. The fourth-order valence-corrected chi connectivity index (χ4v) is 5.56. The third kappa shape index (κ3) is 2.56. The fraction of sp³-hybridized carbons (Fsp3) is 0.235. The lowest BCUT2D eigenvalue weighted by atomic mass is 10.1. The highest BCUT2D eigenvalue weighted by Crippen LogP contribution is 2.55. The molecule has 2 aromatic carbocycles. The predicted octanol–water partition coefficient (Wildman–Crippen LogP) is 2.48. The number of carbonyl (C=O) groups is 1. The first-order valence-electron chi connectivity index (χ1n) is 7.27. The van der Waals surface area contributed by atoms with Crippen molar-refractivity contribution in [1.82, 2.24) is 0 Å². The summed E-state index contributed by atoms with van der Waals surface area (Å²) in [5.74, 6) is -2.09. The highest BCUT2D eigenvalue weighted by molar-refractivity contribution is 9.10. The zero-order valence-corrected chi connectivity index (χ0v) is 15.2. The molecule has 1 aliphatic rings. The van der Waals surface area contributed by atoms with Crippen LogP contribution in [-0.2, 0) is 14.6 Å². The molecule has 5 nitrogen and oxygen atoms in total. The monoisotopic (exact) mass is 409 g/mol. The van der Waals surface area contributed by atoms with Crippen LogP contribution in [0.1, 0.15) is 17.0 Å². The van der Waals surface area contributed by atoms with Gasteiger partial charge in [-0.25, -0.2) is 8.42 Å². The number of carboxylic acids is 1. The molecule has 1 aliphatic carbocycles. The molecule has 2 aromatic rings. The topological polar surface area (TPSA) is 97.5 Å². The summed E-state index contributed by atoms with van der Waals surface area (Å²) in [6, 6.07) is 13.2. The largest absolute Gasteiger partial charge is 0.480 e. The van der Waals surface area contributed by atoms with Gasteiger partial charge in [0, 0.05) is 10.4 Å². The first-order chi connectivity index (χ1) is 11.2. The summed E-state index contributed by atoms with van der Waals surface area (Å²) in [5, 5.41) is 8.34. The van der Waals surface area contributed by atoms with Crippen molar-refractivity contribution in [3.8, 4) is 0 Å². The van der Waals surface area contributed by atoms with Crippen molar-refractivity contribution in [3.63, 3.8) is 0 Å². The Morgan fingerprint density at radius 3 is 2.17 bits per heavy atom. The van der Waals surface area contributed by atoms with Gasteiger partial charge in [-0.15, -0.1) is 0 Å². The third-order valence-corrected chi connectivity index (χ3v) is 7.25. The van der Waals surface area contributed by atoms with Crippen LogP contribution in [0.2, 0.25) is 0 Å². The minimum Gasteiger partial charge on any atom is -0.480 e. The maximum atomic E-state index is 12.9. The van der Waals surface area contributed by atoms with Crippen molar-refractivity contribution in [2.24, 2.45) is 5.73 Å². The minimum absolute atomic E-state index is 0.0915. The van der Waals surface area contributed by atoms with Gasteiger partial charge in [-0.2, -0.15) is 0 Å². The summed E-state index contributed by atoms with van der Waals surface area (Å²) in [6.45, 7) is 1.85. The van der Waals surface area contributed by atoms with Crippen molar-refractivity contribution >= 4 is 31.7 Å². The molecule has 0 unspecified atom stereocenters. The van der Waals surface area contributed by atoms with Crippen LogP contribution >= 0.6 is 15.9 Å². The summed E-state index contributed by atoms with van der Waals surface area (Å²) >= 11 is 3.30. The number of hydrogen-bond donors (Lipinski definition) is 2. The first-order valence-corrected chi connectivity index (χ1v) is 9.61. The zero-order chi connectivity index (χ0) is 17.7. The Hall–Kier alpha value is -1.70. The zero-order valence-electron chi connectivity index (χ0n) is 12.8. The third-order valence-electron chi connectivity index (χ3n) is 4.46. The highest BCUT2D eigenvalue weighted by atomic mass is 79.9. The van der Waals surface area contributed by atoms with Gasteiger partial charge < -0.3 is 10.8 Å². The van der Waals surface area contributed by atoms with E-state index in [2.05, 4.69) is 15.9 Å². The molecule has 0 saturated heterocycles. The Labute approximate surface area is 148 Å². The minimum atomic E-state index is -3.86. The second-order valence-electron chi connectivity index (χ2n) is 6.05. The van der Waals surface area contributed by atoms with Crippen molar-refractivity contribution in [2.75, 3.05) is 0 Å². The average molecular weight is 410 g/mol. The van der Waals surface area contributed by atoms with E-state index >= 15 is 0 Å². The molecule has 0 aliphatic heterocycles. The van der Waals surface area contributed by atoms with Crippen LogP contribution in [-0.4, -0.2) is 30.3 Å². The number of aliphatic carboxylic acids is 1. The lowest BCUT2D eigenvalue weighted by Crippen LogP contribution is -2.39. The van der Waals surface area contributed by atoms with Gasteiger partial charge in [-0.3, -0.25) is 4.79 Å². The molecule has 24 heavy (non-hydrogen) atoms. The number of nitrogens with two attached hydrogens (primary N) is 1. The number of halogens is 1. The quantitative estimate of drug-likeness (QED) is 0.807. The number of rotatable bonds is 4. The van der Waals surface area contributed by atoms with E-state index in [0.29, 0.717) is 5.56 Å². The van der Waals surface area contributed by atoms with E-state index in [4.69, 9.17) is 5.73 Å². The van der Waals surface area contributed by atoms with E-state index in [1.165, 1.54) is 12.1 Å². The Morgan fingerprint density at radius 2 is 1.67 bits per heavy atom. The van der Waals surface area contributed by atoms with E-state index in [1.54, 1.807) is 36.4 Å². The number of hydrogen-bond acceptors (Lipinski definition) is 4. The van der Waals surface area contributed by atoms with E-state index in [1.807, 2.05) is 6.92 Å². The lowest BCUT2D eigenvalue weighted by Gasteiger charge is -2.07. The molecule has 0 heterocycles. The SMILES string of the molecule is Cc1ccc(S(=O)(=O)[C@@H]2[C@H](c3ccc(Br)cc3)[C@@]2(N)C(=O)O)cc1. The van der Waals surface area contributed by atoms with Gasteiger partial charge >= 0.3 is 5.97 Å². The number of carboxylic acid groups (broad SMARTS) is 1. The maximum absolute atomic E-state index is 12.9. The first kappa shape index (κ1) is 17.1. The van der Waals surface area contributed by atoms with Gasteiger partial charge in [0.2, 0.25) is 0 Å². The number of benzene rings is 2. The van der Waals surface area contributed by atoms with Crippen molar-refractivity contribution in [3.05, 3.63) is 64.1 Å². The molecule has 0 spiro atoms. The van der Waals surface area contributed by atoms with E-state index in [0.717, 1.165) is 10.0 Å². The Kier molecular flexibility index (Phi) is 4.06. The smallest absolute Gasteiger partial charge is 0.325 e. The van der Waals surface area contributed by atoms with Gasteiger partial charge in [0.15, 0.2) is 9.84 Å². The van der Waals surface area contributed by atoms with Crippen LogP contribution < -0.4 is 5.73 Å². The molecule has 0 aromatic heterocycles. The predicted molar refractivity (Wildman–Crippen MR) is 93.6 cm³/mol. The highest BCUT2D eigenvalue weighted by Gasteiger charge is 2.74. The van der Waals surface area contributed by atoms with E-state index < -0.39 is 32.5 Å². The molecular formula is C17H16BrNO4S. The van der Waals surface area contributed by atoms with Crippen LogP contribution in [0.5, 0.6) is 0 Å². The van der Waals surface area contributed by atoms with Crippen LogP contribution in [0.15, 0.2) is 57.9 Å². The maximum Gasteiger partial charge on any atom is 0.325 e. The van der Waals surface area contributed by atoms with E-state index in [9.17, 15) is 18.3 Å². The summed E-state index contributed by atoms with van der Waals surface area (Å²) in [5.41, 5.74) is 5.71.